The number of anilines is 4. The molecule has 0 fully saturated rings. The summed E-state index contributed by atoms with van der Waals surface area (Å²) in [6, 6.07) is 71.8. The Morgan fingerprint density at radius 2 is 0.673 bits per heavy atom. The summed E-state index contributed by atoms with van der Waals surface area (Å²) in [7, 11) is -11.7. The van der Waals surface area contributed by atoms with Crippen molar-refractivity contribution in [3.63, 3.8) is 0 Å². The van der Waals surface area contributed by atoms with E-state index in [-0.39, 0.29) is 71.8 Å². The molecule has 0 saturated heterocycles. The van der Waals surface area contributed by atoms with Gasteiger partial charge in [-0.3, -0.25) is 40.7 Å². The zero-order valence-electron chi connectivity index (χ0n) is 57.3. The Morgan fingerprint density at radius 3 is 0.991 bits per heavy atom. The summed E-state index contributed by atoms with van der Waals surface area (Å²) in [5.41, 5.74) is 29.1. The smallest absolute Gasteiger partial charge is 0.273 e. The minimum Gasteiger partial charge on any atom is -0.456 e. The molecule has 12 aromatic rings. The molecule has 0 aliphatic carbocycles. The first-order chi connectivity index (χ1) is 52.3. The lowest BCUT2D eigenvalue weighted by Gasteiger charge is -2.13. The van der Waals surface area contributed by atoms with Gasteiger partial charge in [0.05, 0.1) is 42.4 Å². The van der Waals surface area contributed by atoms with E-state index in [1.165, 1.54) is 42.5 Å². The number of nitrogen functional groups attached to an aromatic ring is 4. The van der Waals surface area contributed by atoms with Gasteiger partial charge in [0.25, 0.3) is 23.4 Å². The number of nitro groups is 1. The van der Waals surface area contributed by atoms with E-state index in [2.05, 4.69) is 31.9 Å². The Bertz CT molecular complexity index is 5720. The van der Waals surface area contributed by atoms with E-state index in [1.807, 2.05) is 0 Å². The summed E-state index contributed by atoms with van der Waals surface area (Å²) in [4.78, 5) is 50.0. The van der Waals surface area contributed by atoms with E-state index < -0.39 is 52.7 Å². The lowest BCUT2D eigenvalue weighted by atomic mass is 10.1. The number of ether oxygens (including phenoxy) is 3. The molecule has 0 heterocycles. The van der Waals surface area contributed by atoms with Gasteiger partial charge in [0.1, 0.15) is 52.0 Å². The molecular weight excluding hydrogens is 1530 g/mol. The van der Waals surface area contributed by atoms with Crippen LogP contribution in [0.4, 0.5) is 28.4 Å². The molecule has 12 rings (SSSR count). The molecule has 28 nitrogen and oxygen atoms in total. The lowest BCUT2D eigenvalue weighted by Crippen LogP contribution is -2.14. The number of nitro benzene ring substituents is 1. The van der Waals surface area contributed by atoms with Crippen LogP contribution in [0.5, 0.6) is 34.5 Å². The third kappa shape index (κ3) is 20.4. The highest BCUT2D eigenvalue weighted by Crippen LogP contribution is 2.36. The Labute approximate surface area is 638 Å². The molecule has 0 radical (unpaired) electrons. The van der Waals surface area contributed by atoms with Crippen LogP contribution >= 0.6 is 15.9 Å². The van der Waals surface area contributed by atoms with Crippen molar-refractivity contribution in [2.24, 2.45) is 32.6 Å². The van der Waals surface area contributed by atoms with Crippen LogP contribution < -0.4 is 68.5 Å². The summed E-state index contributed by atoms with van der Waals surface area (Å²) in [6.45, 7) is 0. The number of amides is 3. The molecule has 0 saturated carbocycles. The second kappa shape index (κ2) is 34.2. The summed E-state index contributed by atoms with van der Waals surface area (Å²) in [6.07, 6.45) is 0. The highest BCUT2D eigenvalue weighted by atomic mass is 79.9. The van der Waals surface area contributed by atoms with Crippen LogP contribution in [0.15, 0.2) is 292 Å². The van der Waals surface area contributed by atoms with Crippen molar-refractivity contribution in [3.8, 4) is 67.9 Å². The average molecular weight is 1600 g/mol. The van der Waals surface area contributed by atoms with E-state index >= 15 is 0 Å². The highest BCUT2D eigenvalue weighted by molar-refractivity contribution is 9.10. The first-order valence-electron chi connectivity index (χ1n) is 32.2. The topological polar surface area (TPSA) is 514 Å². The molecule has 0 spiro atoms. The Hall–Kier alpha value is -13.7. The SMILES string of the molecule is N=C(N)c1cccc(Oc2cc(Br)ccc2C(=O)Nc2ccc(-c3ccccc3S(N)(=O)=O)cc2)c1.N=C(N)c1cccc(Oc2cc(N)ccc2C(=O)Nc2ccc(-c3ccccc3S(N)(=O)=O)cc2)c1.N=C(N)c1cccc(Oc2cc([N+](=O)[O-])ccc2C(=O)Nc2ccc(-c3ccccc3S(N)(=O)=O)cc2)c1. The second-order valence-corrected chi connectivity index (χ2v) is 29.2. The number of benzene rings is 12. The number of nitrogens with one attached hydrogen (secondary N) is 6. The van der Waals surface area contributed by atoms with E-state index in [9.17, 15) is 49.8 Å². The van der Waals surface area contributed by atoms with Crippen LogP contribution in [0.25, 0.3) is 33.4 Å². The molecule has 0 aliphatic rings. The Balaban J connectivity index is 0.000000176. The van der Waals surface area contributed by atoms with E-state index in [0.717, 1.165) is 10.5 Å². The fraction of sp³-hybridized carbons (Fsp3) is 0. The number of carbonyl (C=O) groups excluding carboxylic acids is 3. The number of primary sulfonamides is 3. The predicted molar refractivity (Wildman–Crippen MR) is 424 cm³/mol. The molecule has 0 aliphatic heterocycles. The quantitative estimate of drug-likeness (QED) is 0.00985. The second-order valence-electron chi connectivity index (χ2n) is 23.7. The predicted octanol–water partition coefficient (Wildman–Crippen LogP) is 13.2. The third-order valence-electron chi connectivity index (χ3n) is 15.9. The van der Waals surface area contributed by atoms with Crippen LogP contribution in [0.3, 0.4) is 0 Å². The summed E-state index contributed by atoms with van der Waals surface area (Å²) >= 11 is 3.40. The molecule has 0 unspecified atom stereocenters. The van der Waals surface area contributed by atoms with Crippen molar-refractivity contribution in [2.75, 3.05) is 21.7 Å². The van der Waals surface area contributed by atoms with Crippen LogP contribution in [0.2, 0.25) is 0 Å². The zero-order valence-corrected chi connectivity index (χ0v) is 61.3. The largest absolute Gasteiger partial charge is 0.456 e. The van der Waals surface area contributed by atoms with Gasteiger partial charge < -0.3 is 53.1 Å². The number of halogens is 1. The number of nitrogens with zero attached hydrogens (tertiary/aromatic N) is 1. The van der Waals surface area contributed by atoms with Crippen molar-refractivity contribution in [1.82, 2.24) is 0 Å². The normalized spacial score (nSPS) is 11.0. The number of amidine groups is 3. The monoisotopic (exact) mass is 1600 g/mol. The number of non-ortho nitro benzene ring substituents is 1. The zero-order chi connectivity index (χ0) is 79.2. The Morgan fingerprint density at radius 1 is 0.373 bits per heavy atom. The van der Waals surface area contributed by atoms with Crippen LogP contribution in [0, 0.1) is 26.3 Å². The number of nitrogens with two attached hydrogens (primary N) is 7. The van der Waals surface area contributed by atoms with Gasteiger partial charge in [-0.2, -0.15) is 0 Å². The fourth-order valence-electron chi connectivity index (χ4n) is 10.7. The van der Waals surface area contributed by atoms with Gasteiger partial charge in [-0.15, -0.1) is 0 Å². The first-order valence-corrected chi connectivity index (χ1v) is 37.6. The summed E-state index contributed by atoms with van der Waals surface area (Å²) in [5, 5.41) is 58.4. The molecule has 0 bridgehead atoms. The van der Waals surface area contributed by atoms with Crippen molar-refractivity contribution in [3.05, 3.63) is 321 Å². The van der Waals surface area contributed by atoms with E-state index in [0.29, 0.717) is 90.1 Å². The standard InChI is InChI=1S/C26H21BrN4O4S.C26H21N5O6S.C26H23N5O4S/c27-18-10-13-22(23(15-18)35-20-5-3-4-17(14-20)25(28)29)26(32)31-19-11-8-16(9-12-19)21-6-1-2-7-24(21)36(30,33)34;27-25(28)17-4-3-5-20(14-17)37-23-15-19(31(33)34)12-13-22(23)26(32)30-18-10-8-16(9-11-18)21-6-1-2-7-24(21)38(29,35)36;27-18-10-13-22(23(15-18)35-20-5-3-4-17(14-20)25(28)29)26(32)31-19-11-8-16(9-12-19)21-6-1-2-7-24(21)36(30,33)34/h1-15H,(H3,28,29)(H,31,32)(H2,30,33,34);1-15H,(H3,27,28)(H,30,32)(H2,29,35,36);1-15H,27H2,(H3,28,29)(H,31,32)(H2,30,33,34). The third-order valence-corrected chi connectivity index (χ3v) is 19.3. The number of hydrogen-bond donors (Lipinski definition) is 13. The molecule has 0 atom stereocenters. The van der Waals surface area contributed by atoms with E-state index in [4.69, 9.17) is 68.8 Å². The highest BCUT2D eigenvalue weighted by Gasteiger charge is 2.23. The average Bonchev–Trinajstić information content (AvgIpc) is 0.814. The summed E-state index contributed by atoms with van der Waals surface area (Å²) in [5.74, 6) is -0.340. The molecule has 3 amide bonds. The molecule has 110 heavy (non-hydrogen) atoms. The number of sulfonamides is 3. The van der Waals surface area contributed by atoms with Crippen molar-refractivity contribution in [1.29, 1.82) is 16.2 Å². The number of carbonyl (C=O) groups is 3. The van der Waals surface area contributed by atoms with Gasteiger partial charge in [-0.25, -0.2) is 40.7 Å². The van der Waals surface area contributed by atoms with Crippen molar-refractivity contribution >= 4 is 110 Å². The van der Waals surface area contributed by atoms with Crippen LogP contribution in [0.1, 0.15) is 47.8 Å². The fourth-order valence-corrected chi connectivity index (χ4v) is 13.3. The molecule has 556 valence electrons. The number of hydrogen-bond acceptors (Lipinski definition) is 18. The van der Waals surface area contributed by atoms with Crippen LogP contribution in [-0.2, 0) is 30.1 Å². The van der Waals surface area contributed by atoms with Gasteiger partial charge in [0, 0.05) is 72.7 Å². The maximum absolute atomic E-state index is 13.1. The van der Waals surface area contributed by atoms with Gasteiger partial charge in [0.2, 0.25) is 30.1 Å². The van der Waals surface area contributed by atoms with Crippen LogP contribution in [-0.4, -0.2) is 65.4 Å². The lowest BCUT2D eigenvalue weighted by molar-refractivity contribution is -0.384. The molecule has 12 aromatic carbocycles. The van der Waals surface area contributed by atoms with Crippen molar-refractivity contribution < 1.29 is 58.8 Å². The maximum Gasteiger partial charge on any atom is 0.273 e. The molecule has 20 N–H and O–H groups in total. The van der Waals surface area contributed by atoms with Gasteiger partial charge in [-0.05, 0) is 144 Å². The Kier molecular flexibility index (Phi) is 24.5. The van der Waals surface area contributed by atoms with Gasteiger partial charge >= 0.3 is 0 Å². The molecule has 32 heteroatoms. The minimum absolute atomic E-state index is 0.0132. The summed E-state index contributed by atoms with van der Waals surface area (Å²) < 4.78 is 89.9. The van der Waals surface area contributed by atoms with Crippen molar-refractivity contribution in [2.45, 2.75) is 14.7 Å². The molecular formula is C78H65BrN14O14S3. The van der Waals surface area contributed by atoms with Gasteiger partial charge in [0.15, 0.2) is 0 Å². The molecule has 0 aromatic heterocycles. The minimum atomic E-state index is -3.94. The number of rotatable bonds is 22. The van der Waals surface area contributed by atoms with Gasteiger partial charge in [-0.1, -0.05) is 143 Å². The maximum atomic E-state index is 13.1. The first kappa shape index (κ1) is 78.8. The van der Waals surface area contributed by atoms with E-state index in [1.54, 1.807) is 224 Å².